The fourth-order valence-corrected chi connectivity index (χ4v) is 4.90. The van der Waals surface area contributed by atoms with Gasteiger partial charge in [-0.2, -0.15) is 4.98 Å². The first-order valence-corrected chi connectivity index (χ1v) is 11.3. The smallest absolute Gasteiger partial charge is 0.298 e. The number of nitrogens with zero attached hydrogens (tertiary/aromatic N) is 2. The lowest BCUT2D eigenvalue weighted by Gasteiger charge is -2.45. The molecule has 3 aliphatic rings. The van der Waals surface area contributed by atoms with E-state index >= 15 is 0 Å². The van der Waals surface area contributed by atoms with Crippen molar-refractivity contribution in [3.8, 4) is 5.75 Å². The zero-order valence-corrected chi connectivity index (χ0v) is 18.7. The Morgan fingerprint density at radius 3 is 2.68 bits per heavy atom. The van der Waals surface area contributed by atoms with E-state index in [1.165, 1.54) is 19.3 Å². The number of rotatable bonds is 7. The lowest BCUT2D eigenvalue weighted by atomic mass is 9.97. The number of benzene rings is 1. The minimum Gasteiger partial charge on any atom is -0.490 e. The molecular weight excluding hydrogens is 394 g/mol. The molecule has 1 aromatic carbocycles. The van der Waals surface area contributed by atoms with Crippen LogP contribution in [0.1, 0.15) is 54.9 Å². The zero-order valence-electron chi connectivity index (χ0n) is 18.7. The van der Waals surface area contributed by atoms with Gasteiger partial charge in [-0.3, -0.25) is 4.79 Å². The van der Waals surface area contributed by atoms with Gasteiger partial charge in [-0.05, 0) is 68.7 Å². The molecule has 7 heteroatoms. The molecule has 1 aliphatic heterocycles. The van der Waals surface area contributed by atoms with E-state index in [9.17, 15) is 4.79 Å². The minimum absolute atomic E-state index is 0.191. The van der Waals surface area contributed by atoms with Crippen molar-refractivity contribution in [2.45, 2.75) is 58.2 Å². The number of anilines is 2. The number of aryl methyl sites for hydroxylation is 2. The van der Waals surface area contributed by atoms with Crippen molar-refractivity contribution in [1.82, 2.24) is 4.98 Å². The molecule has 7 nitrogen and oxygen atoms in total. The number of carbonyl (C=O) groups is 1. The fourth-order valence-electron chi connectivity index (χ4n) is 4.90. The number of nitrogens with one attached hydrogen (secondary N) is 1. The Balaban J connectivity index is 1.25. The largest absolute Gasteiger partial charge is 0.490 e. The molecule has 1 amide bonds. The summed E-state index contributed by atoms with van der Waals surface area (Å²) in [7, 11) is 1.71. The van der Waals surface area contributed by atoms with E-state index < -0.39 is 0 Å². The van der Waals surface area contributed by atoms with Gasteiger partial charge in [0.05, 0.1) is 19.2 Å². The summed E-state index contributed by atoms with van der Waals surface area (Å²) in [5.74, 6) is 3.02. The molecule has 3 atom stereocenters. The summed E-state index contributed by atoms with van der Waals surface area (Å²) in [5.41, 5.74) is 1.90. The Hall–Kier alpha value is -2.54. The van der Waals surface area contributed by atoms with Crippen LogP contribution in [0, 0.1) is 18.8 Å². The molecule has 2 unspecified atom stereocenters. The van der Waals surface area contributed by atoms with Gasteiger partial charge >= 0.3 is 0 Å². The fraction of sp³-hybridized carbons (Fsp3) is 0.583. The zero-order chi connectivity index (χ0) is 21.8. The van der Waals surface area contributed by atoms with Crippen LogP contribution in [-0.2, 0) is 11.2 Å². The summed E-state index contributed by atoms with van der Waals surface area (Å²) in [5, 5.41) is 2.96. The molecule has 0 spiro atoms. The number of methoxy groups -OCH3 is 1. The van der Waals surface area contributed by atoms with Crippen molar-refractivity contribution >= 4 is 17.6 Å². The first kappa shape index (κ1) is 20.4. The van der Waals surface area contributed by atoms with E-state index in [0.717, 1.165) is 28.8 Å². The van der Waals surface area contributed by atoms with Gasteiger partial charge in [0.1, 0.15) is 17.1 Å². The second-order valence-electron chi connectivity index (χ2n) is 9.53. The van der Waals surface area contributed by atoms with Crippen molar-refractivity contribution < 1.29 is 18.7 Å². The van der Waals surface area contributed by atoms with Crippen molar-refractivity contribution in [2.24, 2.45) is 11.8 Å². The minimum atomic E-state index is -0.258. The van der Waals surface area contributed by atoms with Gasteiger partial charge in [0, 0.05) is 19.2 Å². The third-order valence-electron chi connectivity index (χ3n) is 6.96. The summed E-state index contributed by atoms with van der Waals surface area (Å²) in [6, 6.07) is 6.28. The van der Waals surface area contributed by atoms with Crippen LogP contribution in [0.25, 0.3) is 0 Å². The quantitative estimate of drug-likeness (QED) is 0.716. The van der Waals surface area contributed by atoms with Gasteiger partial charge in [0.25, 0.3) is 11.9 Å². The van der Waals surface area contributed by atoms with E-state index in [2.05, 4.69) is 10.3 Å². The summed E-state index contributed by atoms with van der Waals surface area (Å²) < 4.78 is 17.6. The standard InChI is InChI=1S/C24H31N3O4/c1-5-19-21(26-23(31-19)27-12-24(3,13-27)29-4)22(28)25-17-6-7-20(14(2)8-17)30-18-10-15-9-16(15)11-18/h6-8,15-16,18H,5,9-13H2,1-4H3,(H,25,28)/t15-,16?,18?/m0/s1. The number of hydrogen-bond donors (Lipinski definition) is 1. The van der Waals surface area contributed by atoms with Crippen LogP contribution in [0.4, 0.5) is 11.7 Å². The summed E-state index contributed by atoms with van der Waals surface area (Å²) in [6.07, 6.45) is 4.68. The normalized spacial score (nSPS) is 25.7. The Kier molecular flexibility index (Phi) is 4.96. The Bertz CT molecular complexity index is 985. The van der Waals surface area contributed by atoms with E-state index in [1.807, 2.05) is 43.9 Å². The molecule has 2 saturated carbocycles. The predicted octanol–water partition coefficient (Wildman–Crippen LogP) is 4.20. The van der Waals surface area contributed by atoms with Crippen LogP contribution >= 0.6 is 0 Å². The van der Waals surface area contributed by atoms with Gasteiger partial charge in [0.15, 0.2) is 5.69 Å². The van der Waals surface area contributed by atoms with Gasteiger partial charge < -0.3 is 24.1 Å². The Morgan fingerprint density at radius 1 is 1.29 bits per heavy atom. The van der Waals surface area contributed by atoms with Gasteiger partial charge in [-0.1, -0.05) is 6.92 Å². The van der Waals surface area contributed by atoms with Crippen molar-refractivity contribution in [2.75, 3.05) is 30.4 Å². The maximum absolute atomic E-state index is 12.9. The molecule has 2 heterocycles. The van der Waals surface area contributed by atoms with Crippen LogP contribution in [-0.4, -0.2) is 42.8 Å². The van der Waals surface area contributed by atoms with Crippen LogP contribution in [0.15, 0.2) is 22.6 Å². The molecular formula is C24H31N3O4. The highest BCUT2D eigenvalue weighted by Gasteiger charge is 2.47. The van der Waals surface area contributed by atoms with Crippen molar-refractivity contribution in [1.29, 1.82) is 0 Å². The molecule has 2 aromatic rings. The number of oxazole rings is 1. The highest BCUT2D eigenvalue weighted by atomic mass is 16.5. The number of carbonyl (C=O) groups excluding carboxylic acids is 1. The average molecular weight is 426 g/mol. The lowest BCUT2D eigenvalue weighted by Crippen LogP contribution is -2.61. The molecule has 3 fully saturated rings. The molecule has 1 saturated heterocycles. The maximum Gasteiger partial charge on any atom is 0.298 e. The Morgan fingerprint density at radius 2 is 2.03 bits per heavy atom. The molecule has 0 radical (unpaired) electrons. The molecule has 166 valence electrons. The maximum atomic E-state index is 12.9. The van der Waals surface area contributed by atoms with Gasteiger partial charge in [0.2, 0.25) is 0 Å². The molecule has 5 rings (SSSR count). The van der Waals surface area contributed by atoms with E-state index in [4.69, 9.17) is 13.9 Å². The number of fused-ring (bicyclic) bond motifs is 1. The number of amides is 1. The van der Waals surface area contributed by atoms with Crippen LogP contribution < -0.4 is 15.0 Å². The SMILES string of the molecule is CCc1oc(N2CC(C)(OC)C2)nc1C(=O)Nc1ccc(OC2CC3C[C@H]3C2)c(C)c1. The van der Waals surface area contributed by atoms with Crippen molar-refractivity contribution in [3.05, 3.63) is 35.2 Å². The van der Waals surface area contributed by atoms with Crippen LogP contribution in [0.5, 0.6) is 5.75 Å². The Labute approximate surface area is 183 Å². The second-order valence-corrected chi connectivity index (χ2v) is 9.53. The highest BCUT2D eigenvalue weighted by molar-refractivity contribution is 6.03. The monoisotopic (exact) mass is 425 g/mol. The first-order chi connectivity index (χ1) is 14.9. The van der Waals surface area contributed by atoms with Crippen LogP contribution in [0.2, 0.25) is 0 Å². The highest BCUT2D eigenvalue weighted by Crippen LogP contribution is 2.52. The molecule has 1 N–H and O–H groups in total. The van der Waals surface area contributed by atoms with E-state index in [0.29, 0.717) is 43.1 Å². The molecule has 31 heavy (non-hydrogen) atoms. The van der Waals surface area contributed by atoms with E-state index in [-0.39, 0.29) is 11.5 Å². The third kappa shape index (κ3) is 3.91. The second kappa shape index (κ2) is 7.55. The molecule has 0 bridgehead atoms. The molecule has 1 aromatic heterocycles. The van der Waals surface area contributed by atoms with Gasteiger partial charge in [-0.25, -0.2) is 0 Å². The average Bonchev–Trinajstić information content (AvgIpc) is 3.13. The van der Waals surface area contributed by atoms with E-state index in [1.54, 1.807) is 7.11 Å². The predicted molar refractivity (Wildman–Crippen MR) is 118 cm³/mol. The third-order valence-corrected chi connectivity index (χ3v) is 6.96. The summed E-state index contributed by atoms with van der Waals surface area (Å²) >= 11 is 0. The number of ether oxygens (including phenoxy) is 2. The number of hydrogen-bond acceptors (Lipinski definition) is 6. The number of aromatic nitrogens is 1. The summed E-state index contributed by atoms with van der Waals surface area (Å²) in [4.78, 5) is 19.4. The van der Waals surface area contributed by atoms with Crippen LogP contribution in [0.3, 0.4) is 0 Å². The lowest BCUT2D eigenvalue weighted by molar-refractivity contribution is -0.0191. The van der Waals surface area contributed by atoms with Crippen molar-refractivity contribution in [3.63, 3.8) is 0 Å². The molecule has 2 aliphatic carbocycles. The summed E-state index contributed by atoms with van der Waals surface area (Å²) in [6.45, 7) is 7.41. The topological polar surface area (TPSA) is 76.8 Å². The first-order valence-electron chi connectivity index (χ1n) is 11.3. The van der Waals surface area contributed by atoms with Gasteiger partial charge in [-0.15, -0.1) is 0 Å².